The number of nitrogens with zero attached hydrogens (tertiary/aromatic N) is 3. The summed E-state index contributed by atoms with van der Waals surface area (Å²) in [6.07, 6.45) is 3.94. The number of benzene rings is 1. The van der Waals surface area contributed by atoms with Gasteiger partial charge >= 0.3 is 0 Å². The first kappa shape index (κ1) is 16.7. The number of nitro groups is 1. The molecule has 0 N–H and O–H groups in total. The molecule has 6 nitrogen and oxygen atoms in total. The lowest BCUT2D eigenvalue weighted by Gasteiger charge is -2.47. The summed E-state index contributed by atoms with van der Waals surface area (Å²) in [5, 5.41) is 11.1. The molecule has 3 heterocycles. The first-order valence-electron chi connectivity index (χ1n) is 9.05. The van der Waals surface area contributed by atoms with Gasteiger partial charge in [-0.15, -0.1) is 0 Å². The minimum Gasteiger partial charge on any atom is -0.368 e. The number of non-ortho nitro benzene ring substituents is 1. The monoisotopic (exact) mass is 361 g/mol. The molecule has 0 aliphatic carbocycles. The Morgan fingerprint density at radius 3 is 2.76 bits per heavy atom. The fraction of sp³-hybridized carbons (Fsp3) is 0.611. The first-order chi connectivity index (χ1) is 12.1. The molecule has 134 valence electrons. The van der Waals surface area contributed by atoms with E-state index in [1.807, 2.05) is 22.7 Å². The smallest absolute Gasteiger partial charge is 0.269 e. The minimum absolute atomic E-state index is 0.0714. The van der Waals surface area contributed by atoms with Gasteiger partial charge < -0.3 is 9.80 Å². The van der Waals surface area contributed by atoms with Gasteiger partial charge in [0.15, 0.2) is 0 Å². The van der Waals surface area contributed by atoms with Gasteiger partial charge in [-0.1, -0.05) is 0 Å². The third-order valence-electron chi connectivity index (χ3n) is 5.68. The third kappa shape index (κ3) is 3.10. The van der Waals surface area contributed by atoms with E-state index in [1.165, 1.54) is 0 Å². The highest BCUT2D eigenvalue weighted by molar-refractivity contribution is 7.99. The van der Waals surface area contributed by atoms with Gasteiger partial charge in [0.1, 0.15) is 0 Å². The van der Waals surface area contributed by atoms with Crippen molar-refractivity contribution < 1.29 is 9.72 Å². The fourth-order valence-corrected chi connectivity index (χ4v) is 5.35. The summed E-state index contributed by atoms with van der Waals surface area (Å²) < 4.78 is 0. The van der Waals surface area contributed by atoms with E-state index in [9.17, 15) is 14.9 Å². The molecule has 0 bridgehead atoms. The second-order valence-corrected chi connectivity index (χ2v) is 8.30. The zero-order valence-corrected chi connectivity index (χ0v) is 15.0. The van der Waals surface area contributed by atoms with Crippen LogP contribution in [0.4, 0.5) is 11.4 Å². The first-order valence-corrected chi connectivity index (χ1v) is 10.2. The van der Waals surface area contributed by atoms with E-state index in [2.05, 4.69) is 4.90 Å². The Hall–Kier alpha value is -1.76. The topological polar surface area (TPSA) is 66.7 Å². The Kier molecular flexibility index (Phi) is 4.58. The zero-order chi connectivity index (χ0) is 17.4. The Morgan fingerprint density at radius 2 is 2.00 bits per heavy atom. The lowest BCUT2D eigenvalue weighted by Crippen LogP contribution is -2.54. The summed E-state index contributed by atoms with van der Waals surface area (Å²) in [6.45, 7) is 2.60. The van der Waals surface area contributed by atoms with Gasteiger partial charge in [-0.05, 0) is 37.3 Å². The quantitative estimate of drug-likeness (QED) is 0.598. The summed E-state index contributed by atoms with van der Waals surface area (Å²) in [6, 6.07) is 5.38. The molecule has 1 amide bonds. The maximum Gasteiger partial charge on any atom is 0.269 e. The summed E-state index contributed by atoms with van der Waals surface area (Å²) in [7, 11) is 0. The van der Waals surface area contributed by atoms with E-state index in [4.69, 9.17) is 0 Å². The molecule has 2 saturated heterocycles. The largest absolute Gasteiger partial charge is 0.368 e. The van der Waals surface area contributed by atoms with Crippen molar-refractivity contribution >= 4 is 29.0 Å². The summed E-state index contributed by atoms with van der Waals surface area (Å²) >= 11 is 1.90. The van der Waals surface area contributed by atoms with Crippen LogP contribution in [-0.4, -0.2) is 52.9 Å². The Morgan fingerprint density at radius 1 is 1.20 bits per heavy atom. The van der Waals surface area contributed by atoms with E-state index < -0.39 is 0 Å². The standard InChI is InChI=1S/C18H23N3O3S/c22-18(19-7-9-25-10-8-19)15-12-13-11-14(21(23)24)4-5-16(13)20-6-2-1-3-17(15)20/h4-5,11,15,17H,1-3,6-10,12H2. The van der Waals surface area contributed by atoms with Crippen molar-refractivity contribution in [3.05, 3.63) is 33.9 Å². The van der Waals surface area contributed by atoms with Crippen LogP contribution in [0.2, 0.25) is 0 Å². The van der Waals surface area contributed by atoms with Crippen LogP contribution in [0.5, 0.6) is 0 Å². The molecule has 3 aliphatic heterocycles. The van der Waals surface area contributed by atoms with Crippen LogP contribution in [0.3, 0.4) is 0 Å². The average Bonchev–Trinajstić information content (AvgIpc) is 2.67. The number of anilines is 1. The van der Waals surface area contributed by atoms with Crippen LogP contribution >= 0.6 is 11.8 Å². The normalized spacial score (nSPS) is 25.9. The maximum atomic E-state index is 13.2. The van der Waals surface area contributed by atoms with Crippen molar-refractivity contribution in [3.8, 4) is 0 Å². The Bertz CT molecular complexity index is 690. The number of fused-ring (bicyclic) bond motifs is 3. The molecule has 0 radical (unpaired) electrons. The summed E-state index contributed by atoms with van der Waals surface area (Å²) in [5.74, 6) is 2.19. The molecule has 0 aromatic heterocycles. The van der Waals surface area contributed by atoms with Crippen molar-refractivity contribution in [1.82, 2.24) is 4.90 Å². The van der Waals surface area contributed by atoms with Gasteiger partial charge in [0.25, 0.3) is 5.69 Å². The number of nitro benzene ring substituents is 1. The second kappa shape index (κ2) is 6.86. The zero-order valence-electron chi connectivity index (χ0n) is 14.2. The van der Waals surface area contributed by atoms with Crippen molar-refractivity contribution in [2.24, 2.45) is 5.92 Å². The van der Waals surface area contributed by atoms with Gasteiger partial charge in [-0.3, -0.25) is 14.9 Å². The highest BCUT2D eigenvalue weighted by Crippen LogP contribution is 2.40. The van der Waals surface area contributed by atoms with E-state index in [-0.39, 0.29) is 28.5 Å². The molecule has 2 atom stereocenters. The predicted molar refractivity (Wildman–Crippen MR) is 99.2 cm³/mol. The fourth-order valence-electron chi connectivity index (χ4n) is 4.45. The van der Waals surface area contributed by atoms with Crippen molar-refractivity contribution in [2.75, 3.05) is 36.0 Å². The van der Waals surface area contributed by atoms with Gasteiger partial charge in [0, 0.05) is 55.0 Å². The molecule has 2 unspecified atom stereocenters. The average molecular weight is 361 g/mol. The number of hydrogen-bond acceptors (Lipinski definition) is 5. The molecule has 7 heteroatoms. The van der Waals surface area contributed by atoms with E-state index in [1.54, 1.807) is 12.1 Å². The molecule has 0 spiro atoms. The van der Waals surface area contributed by atoms with Gasteiger partial charge in [-0.2, -0.15) is 11.8 Å². The molecule has 1 aromatic carbocycles. The SMILES string of the molecule is O=C(C1Cc2cc([N+](=O)[O-])ccc2N2CCCCC12)N1CCSCC1. The van der Waals surface area contributed by atoms with Crippen LogP contribution in [0, 0.1) is 16.0 Å². The molecule has 1 aromatic rings. The Labute approximate surface area is 151 Å². The highest BCUT2D eigenvalue weighted by Gasteiger charge is 2.41. The van der Waals surface area contributed by atoms with Crippen LogP contribution in [0.1, 0.15) is 24.8 Å². The van der Waals surface area contributed by atoms with Crippen molar-refractivity contribution in [1.29, 1.82) is 0 Å². The second-order valence-electron chi connectivity index (χ2n) is 7.07. The van der Waals surface area contributed by atoms with Crippen LogP contribution in [-0.2, 0) is 11.2 Å². The molecular weight excluding hydrogens is 338 g/mol. The van der Waals surface area contributed by atoms with Crippen molar-refractivity contribution in [2.45, 2.75) is 31.7 Å². The number of rotatable bonds is 2. The number of carbonyl (C=O) groups is 1. The lowest BCUT2D eigenvalue weighted by molar-refractivity contribution is -0.384. The molecular formula is C18H23N3O3S. The summed E-state index contributed by atoms with van der Waals surface area (Å²) in [4.78, 5) is 28.3. The molecule has 3 aliphatic rings. The highest BCUT2D eigenvalue weighted by atomic mass is 32.2. The van der Waals surface area contributed by atoms with E-state index >= 15 is 0 Å². The molecule has 4 rings (SSSR count). The molecule has 25 heavy (non-hydrogen) atoms. The summed E-state index contributed by atoms with van der Waals surface area (Å²) in [5.41, 5.74) is 2.17. The van der Waals surface area contributed by atoms with Gasteiger partial charge in [0.2, 0.25) is 5.91 Å². The van der Waals surface area contributed by atoms with Crippen molar-refractivity contribution in [3.63, 3.8) is 0 Å². The number of piperidine rings is 1. The minimum atomic E-state index is -0.346. The maximum absolute atomic E-state index is 13.2. The van der Waals surface area contributed by atoms with Gasteiger partial charge in [-0.25, -0.2) is 0 Å². The lowest BCUT2D eigenvalue weighted by atomic mass is 9.80. The number of carbonyl (C=O) groups excluding carboxylic acids is 1. The predicted octanol–water partition coefficient (Wildman–Crippen LogP) is 2.70. The number of amides is 1. The van der Waals surface area contributed by atoms with Crippen LogP contribution in [0.25, 0.3) is 0 Å². The number of thioether (sulfide) groups is 1. The van der Waals surface area contributed by atoms with Gasteiger partial charge in [0.05, 0.1) is 10.8 Å². The Balaban J connectivity index is 1.67. The van der Waals surface area contributed by atoms with E-state index in [0.29, 0.717) is 6.42 Å². The molecule has 0 saturated carbocycles. The van der Waals surface area contributed by atoms with Crippen LogP contribution in [0.15, 0.2) is 18.2 Å². The third-order valence-corrected chi connectivity index (χ3v) is 6.62. The number of hydrogen-bond donors (Lipinski definition) is 0. The van der Waals surface area contributed by atoms with E-state index in [0.717, 1.165) is 61.7 Å². The molecule has 2 fully saturated rings. The van der Waals surface area contributed by atoms with Crippen LogP contribution < -0.4 is 4.90 Å².